The highest BCUT2D eigenvalue weighted by molar-refractivity contribution is 7.99. The summed E-state index contributed by atoms with van der Waals surface area (Å²) < 4.78 is 5.11. The molecule has 0 N–H and O–H groups in total. The maximum atomic E-state index is 11.2. The molecule has 2 rings (SSSR count). The molecule has 14 heavy (non-hydrogen) atoms. The molecule has 1 fully saturated rings. The van der Waals surface area contributed by atoms with Crippen LogP contribution in [-0.4, -0.2) is 22.4 Å². The molecule has 0 spiro atoms. The zero-order chi connectivity index (χ0) is 9.97. The van der Waals surface area contributed by atoms with Gasteiger partial charge in [-0.05, 0) is 30.8 Å². The Morgan fingerprint density at radius 2 is 2.64 bits per heavy atom. The predicted molar refractivity (Wildman–Crippen MR) is 55.6 cm³/mol. The van der Waals surface area contributed by atoms with E-state index in [9.17, 15) is 4.79 Å². The maximum Gasteiger partial charge on any atom is 0.164 e. The van der Waals surface area contributed by atoms with Gasteiger partial charge in [0, 0.05) is 6.42 Å². The first-order valence-electron chi connectivity index (χ1n) is 4.79. The Hall–Kier alpha value is -0.770. The van der Waals surface area contributed by atoms with E-state index in [1.165, 1.54) is 24.1 Å². The highest BCUT2D eigenvalue weighted by atomic mass is 32.2. The van der Waals surface area contributed by atoms with Gasteiger partial charge in [0.25, 0.3) is 0 Å². The van der Waals surface area contributed by atoms with Gasteiger partial charge in [0.15, 0.2) is 5.78 Å². The molecule has 1 aliphatic rings. The molecule has 4 heteroatoms. The van der Waals surface area contributed by atoms with E-state index in [1.807, 2.05) is 11.8 Å². The van der Waals surface area contributed by atoms with Crippen LogP contribution < -0.4 is 0 Å². The molecule has 1 unspecified atom stereocenters. The Morgan fingerprint density at radius 1 is 1.79 bits per heavy atom. The van der Waals surface area contributed by atoms with Gasteiger partial charge in [-0.15, -0.1) is 0 Å². The monoisotopic (exact) mass is 211 g/mol. The summed E-state index contributed by atoms with van der Waals surface area (Å²) in [6.45, 7) is 1.55. The van der Waals surface area contributed by atoms with Crippen molar-refractivity contribution >= 4 is 17.5 Å². The zero-order valence-electron chi connectivity index (χ0n) is 8.16. The highest BCUT2D eigenvalue weighted by Gasteiger charge is 2.21. The van der Waals surface area contributed by atoms with Crippen LogP contribution in [0.5, 0.6) is 0 Å². The first-order chi connectivity index (χ1) is 6.77. The van der Waals surface area contributed by atoms with Crippen LogP contribution in [0.2, 0.25) is 0 Å². The standard InChI is InChI=1S/C10H13NO2S/c1-7(12)9-5-11-13-10(9)4-8-2-3-14-6-8/h5,8H,2-4,6H2,1H3. The third-order valence-corrected chi connectivity index (χ3v) is 3.75. The van der Waals surface area contributed by atoms with E-state index < -0.39 is 0 Å². The first-order valence-corrected chi connectivity index (χ1v) is 5.95. The molecular formula is C10H13NO2S. The fraction of sp³-hybridized carbons (Fsp3) is 0.600. The molecule has 1 aromatic rings. The third-order valence-electron chi connectivity index (χ3n) is 2.52. The summed E-state index contributed by atoms with van der Waals surface area (Å²) in [7, 11) is 0. The van der Waals surface area contributed by atoms with Crippen molar-refractivity contribution in [1.29, 1.82) is 0 Å². The number of carbonyl (C=O) groups excluding carboxylic acids is 1. The van der Waals surface area contributed by atoms with Crippen molar-refractivity contribution in [2.24, 2.45) is 5.92 Å². The largest absolute Gasteiger partial charge is 0.361 e. The molecule has 0 aromatic carbocycles. The molecule has 76 valence electrons. The minimum absolute atomic E-state index is 0.0481. The van der Waals surface area contributed by atoms with E-state index in [0.29, 0.717) is 11.5 Å². The van der Waals surface area contributed by atoms with Gasteiger partial charge in [0.1, 0.15) is 5.76 Å². The molecule has 1 aromatic heterocycles. The van der Waals surface area contributed by atoms with E-state index in [4.69, 9.17) is 4.52 Å². The smallest absolute Gasteiger partial charge is 0.164 e. The summed E-state index contributed by atoms with van der Waals surface area (Å²) in [6.07, 6.45) is 3.62. The lowest BCUT2D eigenvalue weighted by atomic mass is 10.0. The van der Waals surface area contributed by atoms with Gasteiger partial charge in [0.05, 0.1) is 11.8 Å². The van der Waals surface area contributed by atoms with E-state index in [2.05, 4.69) is 5.16 Å². The molecule has 3 nitrogen and oxygen atoms in total. The van der Waals surface area contributed by atoms with Crippen molar-refractivity contribution in [2.45, 2.75) is 19.8 Å². The molecule has 1 saturated heterocycles. The third kappa shape index (κ3) is 2.00. The Balaban J connectivity index is 2.07. The Kier molecular flexibility index (Phi) is 2.91. The van der Waals surface area contributed by atoms with Gasteiger partial charge < -0.3 is 4.52 Å². The van der Waals surface area contributed by atoms with Crippen molar-refractivity contribution in [3.8, 4) is 0 Å². The maximum absolute atomic E-state index is 11.2. The minimum Gasteiger partial charge on any atom is -0.361 e. The van der Waals surface area contributed by atoms with Crippen LogP contribution >= 0.6 is 11.8 Å². The summed E-state index contributed by atoms with van der Waals surface area (Å²) >= 11 is 1.97. The van der Waals surface area contributed by atoms with Crippen LogP contribution in [0.4, 0.5) is 0 Å². The molecule has 2 heterocycles. The van der Waals surface area contributed by atoms with E-state index in [1.54, 1.807) is 6.92 Å². The van der Waals surface area contributed by atoms with Crippen LogP contribution in [0.1, 0.15) is 29.5 Å². The summed E-state index contributed by atoms with van der Waals surface area (Å²) in [5, 5.41) is 3.68. The number of rotatable bonds is 3. The fourth-order valence-electron chi connectivity index (χ4n) is 1.70. The van der Waals surface area contributed by atoms with E-state index in [0.717, 1.165) is 12.2 Å². The minimum atomic E-state index is 0.0481. The van der Waals surface area contributed by atoms with Crippen LogP contribution in [-0.2, 0) is 6.42 Å². The van der Waals surface area contributed by atoms with Crippen LogP contribution in [0.25, 0.3) is 0 Å². The Bertz CT molecular complexity index is 329. The lowest BCUT2D eigenvalue weighted by Gasteiger charge is -2.04. The second kappa shape index (κ2) is 4.17. The number of hydrogen-bond acceptors (Lipinski definition) is 4. The lowest BCUT2D eigenvalue weighted by Crippen LogP contribution is -2.05. The molecule has 0 aliphatic carbocycles. The summed E-state index contributed by atoms with van der Waals surface area (Å²) in [6, 6.07) is 0. The molecule has 0 radical (unpaired) electrons. The molecule has 0 saturated carbocycles. The van der Waals surface area contributed by atoms with Gasteiger partial charge in [-0.2, -0.15) is 11.8 Å². The fourth-order valence-corrected chi connectivity index (χ4v) is 2.99. The Morgan fingerprint density at radius 3 is 3.29 bits per heavy atom. The van der Waals surface area contributed by atoms with Gasteiger partial charge >= 0.3 is 0 Å². The van der Waals surface area contributed by atoms with Gasteiger partial charge in [0.2, 0.25) is 0 Å². The second-order valence-electron chi connectivity index (χ2n) is 3.65. The number of hydrogen-bond donors (Lipinski definition) is 0. The van der Waals surface area contributed by atoms with Crippen molar-refractivity contribution in [3.63, 3.8) is 0 Å². The number of nitrogens with zero attached hydrogens (tertiary/aromatic N) is 1. The molecule has 1 aliphatic heterocycles. The topological polar surface area (TPSA) is 43.1 Å². The van der Waals surface area contributed by atoms with Crippen LogP contribution in [0.15, 0.2) is 10.7 Å². The number of Topliss-reactive ketones (excluding diaryl/α,β-unsaturated/α-hetero) is 1. The van der Waals surface area contributed by atoms with Gasteiger partial charge in [-0.25, -0.2) is 0 Å². The van der Waals surface area contributed by atoms with Crippen molar-refractivity contribution in [2.75, 3.05) is 11.5 Å². The number of carbonyl (C=O) groups is 1. The lowest BCUT2D eigenvalue weighted by molar-refractivity contribution is 0.101. The first kappa shape index (κ1) is 9.77. The normalized spacial score (nSPS) is 21.4. The summed E-state index contributed by atoms with van der Waals surface area (Å²) in [4.78, 5) is 11.2. The van der Waals surface area contributed by atoms with Crippen LogP contribution in [0, 0.1) is 5.92 Å². The van der Waals surface area contributed by atoms with Crippen molar-refractivity contribution < 1.29 is 9.32 Å². The number of ketones is 1. The average molecular weight is 211 g/mol. The van der Waals surface area contributed by atoms with Crippen molar-refractivity contribution in [1.82, 2.24) is 5.16 Å². The van der Waals surface area contributed by atoms with E-state index in [-0.39, 0.29) is 5.78 Å². The van der Waals surface area contributed by atoms with E-state index >= 15 is 0 Å². The second-order valence-corrected chi connectivity index (χ2v) is 4.80. The van der Waals surface area contributed by atoms with Crippen LogP contribution in [0.3, 0.4) is 0 Å². The van der Waals surface area contributed by atoms with Gasteiger partial charge in [-0.1, -0.05) is 5.16 Å². The summed E-state index contributed by atoms with van der Waals surface area (Å²) in [5.41, 5.74) is 0.655. The van der Waals surface area contributed by atoms with Gasteiger partial charge in [-0.3, -0.25) is 4.79 Å². The zero-order valence-corrected chi connectivity index (χ0v) is 8.97. The SMILES string of the molecule is CC(=O)c1cnoc1CC1CCSC1. The average Bonchev–Trinajstić information content (AvgIpc) is 2.75. The molecular weight excluding hydrogens is 198 g/mol. The van der Waals surface area contributed by atoms with Crippen molar-refractivity contribution in [3.05, 3.63) is 17.5 Å². The molecule has 0 amide bonds. The number of thioether (sulfide) groups is 1. The molecule has 1 atom stereocenters. The highest BCUT2D eigenvalue weighted by Crippen LogP contribution is 2.27. The summed E-state index contributed by atoms with van der Waals surface area (Å²) in [5.74, 6) is 3.88. The number of aromatic nitrogens is 1. The Labute approximate surface area is 87.2 Å². The quantitative estimate of drug-likeness (QED) is 0.719. The molecule has 0 bridgehead atoms. The predicted octanol–water partition coefficient (Wildman–Crippen LogP) is 2.17.